The van der Waals surface area contributed by atoms with Gasteiger partial charge in [0.1, 0.15) is 11.9 Å². The molecule has 0 bridgehead atoms. The highest BCUT2D eigenvalue weighted by molar-refractivity contribution is 7.92. The predicted molar refractivity (Wildman–Crippen MR) is 109 cm³/mol. The maximum absolute atomic E-state index is 13.0. The van der Waals surface area contributed by atoms with Crippen LogP contribution in [0.4, 0.5) is 10.1 Å². The summed E-state index contributed by atoms with van der Waals surface area (Å²) in [4.78, 5) is 24.1. The quantitative estimate of drug-likeness (QED) is 0.585. The molecule has 10 heteroatoms. The number of hydrogen-bond acceptors (Lipinski definition) is 4. The van der Waals surface area contributed by atoms with Crippen LogP contribution in [0, 0.1) is 5.82 Å². The van der Waals surface area contributed by atoms with Gasteiger partial charge in [0, 0.05) is 12.1 Å². The number of benzene rings is 2. The van der Waals surface area contributed by atoms with Gasteiger partial charge >= 0.3 is 0 Å². The smallest absolute Gasteiger partial charge is 0.261 e. The predicted octanol–water partition coefficient (Wildman–Crippen LogP) is 2.92. The average molecular weight is 442 g/mol. The van der Waals surface area contributed by atoms with E-state index < -0.39 is 27.8 Å². The molecule has 2 amide bonds. The Morgan fingerprint density at radius 1 is 1.14 bits per heavy atom. The molecule has 0 saturated heterocycles. The third kappa shape index (κ3) is 6.16. The molecule has 0 aromatic heterocycles. The van der Waals surface area contributed by atoms with Crippen LogP contribution in [0.2, 0.25) is 5.02 Å². The Balaban J connectivity index is 2.17. The molecule has 7 nitrogen and oxygen atoms in total. The van der Waals surface area contributed by atoms with E-state index >= 15 is 0 Å². The number of halogens is 2. The van der Waals surface area contributed by atoms with E-state index in [2.05, 4.69) is 15.4 Å². The fourth-order valence-electron chi connectivity index (χ4n) is 2.31. The number of sulfonamides is 1. The average Bonchev–Trinajstić information content (AvgIpc) is 2.67. The molecule has 0 radical (unpaired) electrons. The van der Waals surface area contributed by atoms with Gasteiger partial charge < -0.3 is 10.6 Å². The SMILES string of the molecule is CCCNC(=O)[C@H](C)NC(=O)c1ccc(Cl)c(NS(=O)(=O)c2ccc(F)cc2)c1. The second-order valence-electron chi connectivity index (χ2n) is 6.24. The van der Waals surface area contributed by atoms with E-state index in [1.807, 2.05) is 6.92 Å². The highest BCUT2D eigenvalue weighted by Gasteiger charge is 2.19. The van der Waals surface area contributed by atoms with E-state index in [0.29, 0.717) is 6.54 Å². The van der Waals surface area contributed by atoms with E-state index in [1.54, 1.807) is 0 Å². The van der Waals surface area contributed by atoms with Crippen molar-refractivity contribution in [3.63, 3.8) is 0 Å². The zero-order valence-corrected chi connectivity index (χ0v) is 17.4. The molecule has 2 rings (SSSR count). The van der Waals surface area contributed by atoms with E-state index in [-0.39, 0.29) is 27.1 Å². The summed E-state index contributed by atoms with van der Waals surface area (Å²) in [6.07, 6.45) is 0.765. The van der Waals surface area contributed by atoms with Crippen LogP contribution in [-0.4, -0.2) is 32.8 Å². The van der Waals surface area contributed by atoms with E-state index in [1.165, 1.54) is 25.1 Å². The van der Waals surface area contributed by atoms with Crippen LogP contribution >= 0.6 is 11.6 Å². The van der Waals surface area contributed by atoms with E-state index in [0.717, 1.165) is 30.7 Å². The maximum Gasteiger partial charge on any atom is 0.261 e. The van der Waals surface area contributed by atoms with Gasteiger partial charge in [0.2, 0.25) is 5.91 Å². The van der Waals surface area contributed by atoms with Gasteiger partial charge in [0.15, 0.2) is 0 Å². The topological polar surface area (TPSA) is 104 Å². The molecular weight excluding hydrogens is 421 g/mol. The molecule has 0 fully saturated rings. The van der Waals surface area contributed by atoms with Gasteiger partial charge in [-0.2, -0.15) is 0 Å². The van der Waals surface area contributed by atoms with Gasteiger partial charge in [-0.05, 0) is 55.8 Å². The highest BCUT2D eigenvalue weighted by Crippen LogP contribution is 2.26. The van der Waals surface area contributed by atoms with Crippen LogP contribution in [0.5, 0.6) is 0 Å². The van der Waals surface area contributed by atoms with Crippen molar-refractivity contribution in [1.29, 1.82) is 0 Å². The summed E-state index contributed by atoms with van der Waals surface area (Å²) in [6, 6.07) is 7.51. The van der Waals surface area contributed by atoms with Crippen LogP contribution in [0.25, 0.3) is 0 Å². The van der Waals surface area contributed by atoms with Gasteiger partial charge in [0.05, 0.1) is 15.6 Å². The largest absolute Gasteiger partial charge is 0.354 e. The van der Waals surface area contributed by atoms with Crippen LogP contribution in [0.1, 0.15) is 30.6 Å². The van der Waals surface area contributed by atoms with E-state index in [9.17, 15) is 22.4 Å². The number of anilines is 1. The summed E-state index contributed by atoms with van der Waals surface area (Å²) in [5, 5.41) is 5.28. The molecule has 0 aliphatic carbocycles. The summed E-state index contributed by atoms with van der Waals surface area (Å²) in [5.74, 6) is -1.47. The van der Waals surface area contributed by atoms with Crippen LogP contribution in [0.15, 0.2) is 47.4 Å². The molecule has 29 heavy (non-hydrogen) atoms. The van der Waals surface area contributed by atoms with Crippen molar-refractivity contribution >= 4 is 39.1 Å². The Morgan fingerprint density at radius 2 is 1.79 bits per heavy atom. The van der Waals surface area contributed by atoms with Crippen molar-refractivity contribution in [2.45, 2.75) is 31.2 Å². The lowest BCUT2D eigenvalue weighted by atomic mass is 10.1. The van der Waals surface area contributed by atoms with Crippen LogP contribution < -0.4 is 15.4 Å². The number of carbonyl (C=O) groups is 2. The monoisotopic (exact) mass is 441 g/mol. The number of amides is 2. The van der Waals surface area contributed by atoms with Crippen molar-refractivity contribution in [2.75, 3.05) is 11.3 Å². The first-order valence-corrected chi connectivity index (χ1v) is 10.7. The standard InChI is InChI=1S/C19H21ClFN3O4S/c1-3-10-22-18(25)12(2)23-19(26)13-4-9-16(20)17(11-13)24-29(27,28)15-7-5-14(21)6-8-15/h4-9,11-12,24H,3,10H2,1-2H3,(H,22,25)(H,23,26)/t12-/m0/s1. The number of hydrogen-bond donors (Lipinski definition) is 3. The molecule has 0 unspecified atom stereocenters. The molecule has 3 N–H and O–H groups in total. The third-order valence-corrected chi connectivity index (χ3v) is 5.60. The molecule has 2 aromatic carbocycles. The van der Waals surface area contributed by atoms with E-state index in [4.69, 9.17) is 11.6 Å². The minimum Gasteiger partial charge on any atom is -0.354 e. The molecule has 0 aliphatic rings. The lowest BCUT2D eigenvalue weighted by Gasteiger charge is -2.15. The Morgan fingerprint density at radius 3 is 2.41 bits per heavy atom. The number of rotatable bonds is 8. The Bertz CT molecular complexity index is 997. The second-order valence-corrected chi connectivity index (χ2v) is 8.33. The molecule has 0 heterocycles. The molecule has 0 aliphatic heterocycles. The Hall–Kier alpha value is -2.65. The minimum atomic E-state index is -4.04. The first-order valence-electron chi connectivity index (χ1n) is 8.80. The first-order chi connectivity index (χ1) is 13.6. The van der Waals surface area contributed by atoms with Gasteiger partial charge in [0.25, 0.3) is 15.9 Å². The number of carbonyl (C=O) groups excluding carboxylic acids is 2. The number of nitrogens with one attached hydrogen (secondary N) is 3. The summed E-state index contributed by atoms with van der Waals surface area (Å²) < 4.78 is 40.2. The van der Waals surface area contributed by atoms with Gasteiger partial charge in [-0.1, -0.05) is 18.5 Å². The molecule has 156 valence electrons. The summed E-state index contributed by atoms with van der Waals surface area (Å²) >= 11 is 6.05. The summed E-state index contributed by atoms with van der Waals surface area (Å²) in [7, 11) is -4.04. The molecular formula is C19H21ClFN3O4S. The van der Waals surface area contributed by atoms with Crippen molar-refractivity contribution in [3.05, 3.63) is 58.9 Å². The molecule has 2 aromatic rings. The zero-order valence-electron chi connectivity index (χ0n) is 15.8. The first kappa shape index (κ1) is 22.6. The summed E-state index contributed by atoms with van der Waals surface area (Å²) in [5.41, 5.74) is 0.0908. The third-order valence-electron chi connectivity index (χ3n) is 3.89. The van der Waals surface area contributed by atoms with Crippen molar-refractivity contribution in [1.82, 2.24) is 10.6 Å². The highest BCUT2D eigenvalue weighted by atomic mass is 35.5. The molecule has 0 saturated carbocycles. The van der Waals surface area contributed by atoms with Gasteiger partial charge in [-0.3, -0.25) is 14.3 Å². The van der Waals surface area contributed by atoms with Crippen LogP contribution in [0.3, 0.4) is 0 Å². The fourth-order valence-corrected chi connectivity index (χ4v) is 3.60. The summed E-state index contributed by atoms with van der Waals surface area (Å²) in [6.45, 7) is 3.94. The normalized spacial score (nSPS) is 12.1. The van der Waals surface area contributed by atoms with Crippen molar-refractivity contribution in [2.24, 2.45) is 0 Å². The fraction of sp³-hybridized carbons (Fsp3) is 0.263. The Kier molecular flexibility index (Phi) is 7.58. The lowest BCUT2D eigenvalue weighted by molar-refractivity contribution is -0.122. The Labute approximate surface area is 173 Å². The maximum atomic E-state index is 13.0. The van der Waals surface area contributed by atoms with Crippen molar-refractivity contribution < 1.29 is 22.4 Å². The van der Waals surface area contributed by atoms with Crippen LogP contribution in [-0.2, 0) is 14.8 Å². The second kappa shape index (κ2) is 9.71. The van der Waals surface area contributed by atoms with Crippen molar-refractivity contribution in [3.8, 4) is 0 Å². The molecule has 0 spiro atoms. The van der Waals surface area contributed by atoms with Gasteiger partial charge in [-0.25, -0.2) is 12.8 Å². The minimum absolute atomic E-state index is 0.0215. The zero-order chi connectivity index (χ0) is 21.6. The molecule has 1 atom stereocenters. The lowest BCUT2D eigenvalue weighted by Crippen LogP contribution is -2.45. The van der Waals surface area contributed by atoms with Gasteiger partial charge in [-0.15, -0.1) is 0 Å².